The van der Waals surface area contributed by atoms with Gasteiger partial charge in [-0.2, -0.15) is 4.98 Å². The summed E-state index contributed by atoms with van der Waals surface area (Å²) in [6.07, 6.45) is 4.26. The zero-order chi connectivity index (χ0) is 10.5. The van der Waals surface area contributed by atoms with E-state index in [1.807, 2.05) is 30.3 Å². The molecule has 3 heteroatoms. The molecule has 2 rings (SSSR count). The number of allylic oxidation sites excluding steroid dienone is 1. The van der Waals surface area contributed by atoms with Crippen LogP contribution in [0.15, 0.2) is 49.2 Å². The van der Waals surface area contributed by atoms with Gasteiger partial charge in [0.15, 0.2) is 0 Å². The van der Waals surface area contributed by atoms with E-state index in [-0.39, 0.29) is 0 Å². The molecule has 0 atom stereocenters. The van der Waals surface area contributed by atoms with E-state index in [2.05, 4.69) is 16.5 Å². The number of nitrogens with zero attached hydrogens (tertiary/aromatic N) is 1. The van der Waals surface area contributed by atoms with E-state index in [1.54, 1.807) is 12.3 Å². The van der Waals surface area contributed by atoms with E-state index in [0.717, 1.165) is 18.0 Å². The first kappa shape index (κ1) is 9.52. The third-order valence-electron chi connectivity index (χ3n) is 1.91. The van der Waals surface area contributed by atoms with Crippen LogP contribution in [-0.4, -0.2) is 9.97 Å². The molecule has 0 bridgehead atoms. The van der Waals surface area contributed by atoms with E-state index < -0.39 is 0 Å². The zero-order valence-electron chi connectivity index (χ0n) is 8.31. The molecule has 1 heterocycles. The Morgan fingerprint density at radius 1 is 1.33 bits per heavy atom. The van der Waals surface area contributed by atoms with Crippen LogP contribution in [0.3, 0.4) is 0 Å². The molecular weight excluding hydrogens is 188 g/mol. The number of aromatic amines is 1. The predicted octanol–water partition coefficient (Wildman–Crippen LogP) is 2.93. The summed E-state index contributed by atoms with van der Waals surface area (Å²) in [6, 6.07) is 9.57. The Morgan fingerprint density at radius 2 is 2.13 bits per heavy atom. The van der Waals surface area contributed by atoms with Gasteiger partial charge in [0.1, 0.15) is 11.6 Å². The number of imidazole rings is 1. The molecule has 3 nitrogen and oxygen atoms in total. The van der Waals surface area contributed by atoms with Crippen molar-refractivity contribution >= 4 is 0 Å². The van der Waals surface area contributed by atoms with Crippen LogP contribution in [0.25, 0.3) is 0 Å². The lowest BCUT2D eigenvalue weighted by atomic mass is 10.3. The summed E-state index contributed by atoms with van der Waals surface area (Å²) in [5.74, 6) is 2.23. The van der Waals surface area contributed by atoms with Crippen molar-refractivity contribution in [3.8, 4) is 11.6 Å². The van der Waals surface area contributed by atoms with Crippen molar-refractivity contribution in [3.63, 3.8) is 0 Å². The third kappa shape index (κ3) is 2.47. The molecular formula is C12H12N2O. The maximum atomic E-state index is 5.53. The van der Waals surface area contributed by atoms with Crippen molar-refractivity contribution in [2.75, 3.05) is 0 Å². The first-order valence-electron chi connectivity index (χ1n) is 4.76. The zero-order valence-corrected chi connectivity index (χ0v) is 8.31. The maximum Gasteiger partial charge on any atom is 0.237 e. The molecule has 1 N–H and O–H groups in total. The fourth-order valence-corrected chi connectivity index (χ4v) is 1.25. The van der Waals surface area contributed by atoms with Gasteiger partial charge in [-0.15, -0.1) is 6.58 Å². The quantitative estimate of drug-likeness (QED) is 0.770. The average molecular weight is 200 g/mol. The number of H-pyrrole nitrogens is 1. The topological polar surface area (TPSA) is 37.9 Å². The van der Waals surface area contributed by atoms with Crippen LogP contribution < -0.4 is 4.74 Å². The lowest BCUT2D eigenvalue weighted by Gasteiger charge is -1.99. The van der Waals surface area contributed by atoms with Gasteiger partial charge in [-0.05, 0) is 12.1 Å². The van der Waals surface area contributed by atoms with Crippen LogP contribution in [0.5, 0.6) is 11.6 Å². The first-order valence-corrected chi connectivity index (χ1v) is 4.76. The van der Waals surface area contributed by atoms with Crippen LogP contribution in [-0.2, 0) is 6.42 Å². The van der Waals surface area contributed by atoms with Crippen LogP contribution in [0, 0.1) is 0 Å². The number of benzene rings is 1. The summed E-state index contributed by atoms with van der Waals surface area (Å²) in [5.41, 5.74) is 0. The Balaban J connectivity index is 2.08. The molecule has 0 spiro atoms. The minimum atomic E-state index is 0.582. The molecule has 0 amide bonds. The summed E-state index contributed by atoms with van der Waals surface area (Å²) in [5, 5.41) is 0. The molecule has 15 heavy (non-hydrogen) atoms. The van der Waals surface area contributed by atoms with Gasteiger partial charge in [0.05, 0.1) is 6.20 Å². The van der Waals surface area contributed by atoms with Gasteiger partial charge >= 0.3 is 0 Å². The fraction of sp³-hybridized carbons (Fsp3) is 0.0833. The van der Waals surface area contributed by atoms with E-state index in [1.165, 1.54) is 0 Å². The van der Waals surface area contributed by atoms with Gasteiger partial charge in [-0.3, -0.25) is 0 Å². The summed E-state index contributed by atoms with van der Waals surface area (Å²) in [4.78, 5) is 7.27. The second kappa shape index (κ2) is 4.46. The number of rotatable bonds is 4. The first-order chi connectivity index (χ1) is 7.38. The summed E-state index contributed by atoms with van der Waals surface area (Å²) >= 11 is 0. The number of para-hydroxylation sites is 1. The predicted molar refractivity (Wildman–Crippen MR) is 59.0 cm³/mol. The van der Waals surface area contributed by atoms with Crippen LogP contribution >= 0.6 is 0 Å². The summed E-state index contributed by atoms with van der Waals surface area (Å²) < 4.78 is 5.53. The Bertz CT molecular complexity index is 434. The normalized spacial score (nSPS) is 9.87. The fourth-order valence-electron chi connectivity index (χ4n) is 1.25. The number of hydrogen-bond acceptors (Lipinski definition) is 2. The second-order valence-corrected chi connectivity index (χ2v) is 3.09. The largest absolute Gasteiger partial charge is 0.438 e. The number of aromatic nitrogens is 2. The molecule has 0 aliphatic rings. The average Bonchev–Trinajstić information content (AvgIpc) is 2.68. The summed E-state index contributed by atoms with van der Waals surface area (Å²) in [7, 11) is 0. The Labute approximate surface area is 88.4 Å². The standard InChI is InChI=1S/C12H12N2O/c1-2-6-11-13-9-12(14-11)15-10-7-4-3-5-8-10/h2-5,7-9H,1,6H2,(H,13,14). The Kier molecular flexibility index (Phi) is 2.83. The highest BCUT2D eigenvalue weighted by Crippen LogP contribution is 2.18. The Hall–Kier alpha value is -2.03. The molecule has 1 aromatic carbocycles. The van der Waals surface area contributed by atoms with Crippen LogP contribution in [0.2, 0.25) is 0 Å². The molecule has 1 aromatic heterocycles. The summed E-state index contributed by atoms with van der Waals surface area (Å²) in [6.45, 7) is 3.65. The molecule has 0 unspecified atom stereocenters. The van der Waals surface area contributed by atoms with Crippen LogP contribution in [0.4, 0.5) is 0 Å². The van der Waals surface area contributed by atoms with Crippen molar-refractivity contribution in [3.05, 3.63) is 55.0 Å². The van der Waals surface area contributed by atoms with Gasteiger partial charge in [0, 0.05) is 6.42 Å². The lowest BCUT2D eigenvalue weighted by Crippen LogP contribution is -1.85. The van der Waals surface area contributed by atoms with Crippen LogP contribution in [0.1, 0.15) is 5.82 Å². The number of hydrogen-bond donors (Lipinski definition) is 1. The molecule has 0 saturated carbocycles. The lowest BCUT2D eigenvalue weighted by molar-refractivity contribution is 0.465. The van der Waals surface area contributed by atoms with Crippen molar-refractivity contribution in [2.45, 2.75) is 6.42 Å². The van der Waals surface area contributed by atoms with Crippen molar-refractivity contribution in [1.29, 1.82) is 0 Å². The maximum absolute atomic E-state index is 5.53. The number of nitrogens with one attached hydrogen (secondary N) is 1. The van der Waals surface area contributed by atoms with E-state index >= 15 is 0 Å². The molecule has 0 radical (unpaired) electrons. The molecule has 0 aliphatic carbocycles. The van der Waals surface area contributed by atoms with Gasteiger partial charge in [-0.1, -0.05) is 24.3 Å². The van der Waals surface area contributed by atoms with E-state index in [0.29, 0.717) is 5.88 Å². The smallest absolute Gasteiger partial charge is 0.237 e. The SMILES string of the molecule is C=CCc1nc(Oc2ccccc2)c[nH]1. The highest BCUT2D eigenvalue weighted by atomic mass is 16.5. The van der Waals surface area contributed by atoms with Crippen molar-refractivity contribution in [2.24, 2.45) is 0 Å². The van der Waals surface area contributed by atoms with E-state index in [4.69, 9.17) is 4.74 Å². The monoisotopic (exact) mass is 200 g/mol. The highest BCUT2D eigenvalue weighted by molar-refractivity contribution is 5.25. The second-order valence-electron chi connectivity index (χ2n) is 3.09. The molecule has 0 aliphatic heterocycles. The van der Waals surface area contributed by atoms with Gasteiger partial charge in [0.2, 0.25) is 5.88 Å². The van der Waals surface area contributed by atoms with Crippen molar-refractivity contribution in [1.82, 2.24) is 9.97 Å². The number of ether oxygens (including phenoxy) is 1. The molecule has 76 valence electrons. The minimum absolute atomic E-state index is 0.582. The van der Waals surface area contributed by atoms with Gasteiger partial charge in [0.25, 0.3) is 0 Å². The van der Waals surface area contributed by atoms with Gasteiger partial charge in [-0.25, -0.2) is 0 Å². The molecule has 0 saturated heterocycles. The molecule has 2 aromatic rings. The minimum Gasteiger partial charge on any atom is -0.438 e. The van der Waals surface area contributed by atoms with Crippen molar-refractivity contribution < 1.29 is 4.74 Å². The van der Waals surface area contributed by atoms with E-state index in [9.17, 15) is 0 Å². The molecule has 0 fully saturated rings. The highest BCUT2D eigenvalue weighted by Gasteiger charge is 2.01. The third-order valence-corrected chi connectivity index (χ3v) is 1.91. The van der Waals surface area contributed by atoms with Gasteiger partial charge < -0.3 is 9.72 Å². The Morgan fingerprint density at radius 3 is 2.87 bits per heavy atom.